The number of carboxylic acid groups (broad SMARTS) is 1. The lowest BCUT2D eigenvalue weighted by Crippen LogP contribution is -2.47. The van der Waals surface area contributed by atoms with Crippen molar-refractivity contribution >= 4 is 18.0 Å². The first kappa shape index (κ1) is 18.2. The highest BCUT2D eigenvalue weighted by atomic mass is 16.5. The van der Waals surface area contributed by atoms with Crippen LogP contribution in [0.15, 0.2) is 0 Å². The van der Waals surface area contributed by atoms with Crippen molar-refractivity contribution in [2.75, 3.05) is 19.7 Å². The average Bonchev–Trinajstić information content (AvgIpc) is 2.35. The fourth-order valence-electron chi connectivity index (χ4n) is 1.74. The Morgan fingerprint density at radius 1 is 1.25 bits per heavy atom. The largest absolute Gasteiger partial charge is 0.481 e. The van der Waals surface area contributed by atoms with Gasteiger partial charge in [-0.05, 0) is 20.3 Å². The average molecular weight is 288 g/mol. The molecule has 0 bridgehead atoms. The molecule has 0 aromatic carbocycles. The van der Waals surface area contributed by atoms with Crippen LogP contribution in [0.1, 0.15) is 40.0 Å². The molecule has 0 aromatic rings. The fourth-order valence-corrected chi connectivity index (χ4v) is 1.74. The molecule has 0 aliphatic heterocycles. The van der Waals surface area contributed by atoms with Gasteiger partial charge in [0.15, 0.2) is 0 Å². The lowest BCUT2D eigenvalue weighted by atomic mass is 10.1. The predicted octanol–water partition coefficient (Wildman–Crippen LogP) is 1.22. The zero-order valence-electron chi connectivity index (χ0n) is 12.3. The van der Waals surface area contributed by atoms with Crippen molar-refractivity contribution in [3.8, 4) is 0 Å². The van der Waals surface area contributed by atoms with Crippen LogP contribution in [-0.4, -0.2) is 53.7 Å². The van der Waals surface area contributed by atoms with E-state index in [1.807, 2.05) is 6.92 Å². The summed E-state index contributed by atoms with van der Waals surface area (Å²) in [6.07, 6.45) is 1.22. The smallest absolute Gasteiger partial charge is 0.325 e. The van der Waals surface area contributed by atoms with Crippen LogP contribution in [0, 0.1) is 0 Å². The number of carbonyl (C=O) groups excluding carboxylic acids is 2. The molecular weight excluding hydrogens is 264 g/mol. The van der Waals surface area contributed by atoms with E-state index in [2.05, 4.69) is 5.32 Å². The molecule has 0 saturated heterocycles. The number of carboxylic acids is 1. The van der Waals surface area contributed by atoms with Crippen molar-refractivity contribution in [2.24, 2.45) is 0 Å². The maximum absolute atomic E-state index is 12.0. The Kier molecular flexibility index (Phi) is 9.15. The fraction of sp³-hybridized carbons (Fsp3) is 0.769. The van der Waals surface area contributed by atoms with E-state index in [0.29, 0.717) is 13.0 Å². The van der Waals surface area contributed by atoms with E-state index in [1.54, 1.807) is 13.8 Å². The van der Waals surface area contributed by atoms with Gasteiger partial charge in [0.25, 0.3) is 0 Å². The van der Waals surface area contributed by atoms with Gasteiger partial charge in [-0.15, -0.1) is 0 Å². The number of hydrogen-bond donors (Lipinski definition) is 2. The van der Waals surface area contributed by atoms with Crippen molar-refractivity contribution < 1.29 is 24.2 Å². The lowest BCUT2D eigenvalue weighted by molar-refractivity contribution is -0.144. The maximum Gasteiger partial charge on any atom is 0.325 e. The van der Waals surface area contributed by atoms with Gasteiger partial charge in [-0.1, -0.05) is 13.3 Å². The highest BCUT2D eigenvalue weighted by Crippen LogP contribution is 2.03. The summed E-state index contributed by atoms with van der Waals surface area (Å²) >= 11 is 0. The molecule has 0 aliphatic rings. The van der Waals surface area contributed by atoms with Gasteiger partial charge in [0, 0.05) is 12.6 Å². The van der Waals surface area contributed by atoms with Crippen molar-refractivity contribution in [3.05, 3.63) is 0 Å². The summed E-state index contributed by atoms with van der Waals surface area (Å²) in [5.41, 5.74) is 0. The number of hydrogen-bond acceptors (Lipinski definition) is 4. The minimum atomic E-state index is -0.961. The number of nitrogens with one attached hydrogen (secondary N) is 1. The Bertz CT molecular complexity index is 333. The molecule has 0 rings (SSSR count). The Hall–Kier alpha value is -1.79. The van der Waals surface area contributed by atoms with Gasteiger partial charge in [0.2, 0.25) is 0 Å². The van der Waals surface area contributed by atoms with Crippen LogP contribution in [0.3, 0.4) is 0 Å². The molecule has 1 unspecified atom stereocenters. The zero-order valence-corrected chi connectivity index (χ0v) is 12.3. The Labute approximate surface area is 119 Å². The molecule has 1 atom stereocenters. The van der Waals surface area contributed by atoms with Crippen molar-refractivity contribution in [3.63, 3.8) is 0 Å². The van der Waals surface area contributed by atoms with E-state index in [1.165, 1.54) is 4.90 Å². The molecule has 7 nitrogen and oxygen atoms in total. The van der Waals surface area contributed by atoms with E-state index in [9.17, 15) is 14.4 Å². The zero-order chi connectivity index (χ0) is 15.5. The third kappa shape index (κ3) is 7.60. The molecule has 0 heterocycles. The van der Waals surface area contributed by atoms with Crippen molar-refractivity contribution in [1.29, 1.82) is 0 Å². The first-order chi connectivity index (χ1) is 9.44. The number of ether oxygens (including phenoxy) is 1. The molecule has 0 aliphatic carbocycles. The Morgan fingerprint density at radius 2 is 1.90 bits per heavy atom. The Morgan fingerprint density at radius 3 is 2.35 bits per heavy atom. The van der Waals surface area contributed by atoms with Crippen LogP contribution in [0.5, 0.6) is 0 Å². The number of nitrogens with zero attached hydrogens (tertiary/aromatic N) is 1. The third-order valence-corrected chi connectivity index (χ3v) is 2.68. The summed E-state index contributed by atoms with van der Waals surface area (Å²) in [7, 11) is 0. The highest BCUT2D eigenvalue weighted by Gasteiger charge is 2.20. The highest BCUT2D eigenvalue weighted by molar-refractivity contribution is 5.81. The minimum absolute atomic E-state index is 0.128. The van der Waals surface area contributed by atoms with Gasteiger partial charge in [0.1, 0.15) is 6.54 Å². The van der Waals surface area contributed by atoms with Crippen molar-refractivity contribution in [2.45, 2.75) is 46.1 Å². The molecule has 2 N–H and O–H groups in total. The number of amides is 2. The summed E-state index contributed by atoms with van der Waals surface area (Å²) in [5, 5.41) is 11.4. The summed E-state index contributed by atoms with van der Waals surface area (Å²) < 4.78 is 4.79. The normalized spacial score (nSPS) is 11.6. The molecule has 0 spiro atoms. The molecule has 2 amide bonds. The summed E-state index contributed by atoms with van der Waals surface area (Å²) in [6, 6.07) is -0.874. The monoisotopic (exact) mass is 288 g/mol. The first-order valence-electron chi connectivity index (χ1n) is 6.87. The molecule has 0 fully saturated rings. The first-order valence-corrected chi connectivity index (χ1v) is 6.87. The van der Waals surface area contributed by atoms with Crippen LogP contribution in [0.4, 0.5) is 4.79 Å². The van der Waals surface area contributed by atoms with E-state index in [0.717, 1.165) is 6.42 Å². The van der Waals surface area contributed by atoms with Gasteiger partial charge in [0.05, 0.1) is 13.0 Å². The molecular formula is C13H24N2O5. The van der Waals surface area contributed by atoms with Crippen LogP contribution in [-0.2, 0) is 14.3 Å². The number of likely N-dealkylation sites (N-methyl/N-ethyl adjacent to an activating group) is 1. The molecule has 0 aromatic heterocycles. The number of urea groups is 1. The van der Waals surface area contributed by atoms with E-state index in [4.69, 9.17) is 9.84 Å². The molecule has 20 heavy (non-hydrogen) atoms. The van der Waals surface area contributed by atoms with E-state index < -0.39 is 24.0 Å². The van der Waals surface area contributed by atoms with Gasteiger partial charge in [-0.2, -0.15) is 0 Å². The number of esters is 1. The van der Waals surface area contributed by atoms with Crippen LogP contribution < -0.4 is 5.32 Å². The van der Waals surface area contributed by atoms with E-state index >= 15 is 0 Å². The lowest BCUT2D eigenvalue weighted by Gasteiger charge is -2.24. The van der Waals surface area contributed by atoms with Gasteiger partial charge in [-0.3, -0.25) is 9.59 Å². The molecule has 7 heteroatoms. The molecule has 0 radical (unpaired) electrons. The van der Waals surface area contributed by atoms with Crippen LogP contribution >= 0.6 is 0 Å². The SMILES string of the molecule is CCCC(CC(=O)O)NC(=O)N(CC)CC(=O)OCC. The number of carbonyl (C=O) groups is 3. The van der Waals surface area contributed by atoms with Crippen molar-refractivity contribution in [1.82, 2.24) is 10.2 Å². The topological polar surface area (TPSA) is 95.9 Å². The number of aliphatic carboxylic acids is 1. The van der Waals surface area contributed by atoms with Gasteiger partial charge in [-0.25, -0.2) is 4.79 Å². The van der Waals surface area contributed by atoms with Crippen LogP contribution in [0.2, 0.25) is 0 Å². The van der Waals surface area contributed by atoms with Gasteiger partial charge < -0.3 is 20.1 Å². The minimum Gasteiger partial charge on any atom is -0.481 e. The molecule has 116 valence electrons. The third-order valence-electron chi connectivity index (χ3n) is 2.68. The second-order valence-electron chi connectivity index (χ2n) is 4.35. The maximum atomic E-state index is 12.0. The second kappa shape index (κ2) is 10.1. The van der Waals surface area contributed by atoms with E-state index in [-0.39, 0.29) is 19.6 Å². The summed E-state index contributed by atoms with van der Waals surface area (Å²) in [6.45, 7) is 5.81. The summed E-state index contributed by atoms with van der Waals surface area (Å²) in [4.78, 5) is 35.4. The predicted molar refractivity (Wildman–Crippen MR) is 73.4 cm³/mol. The standard InChI is InChI=1S/C13H24N2O5/c1-4-7-10(8-11(16)17)14-13(19)15(5-2)9-12(18)20-6-3/h10H,4-9H2,1-3H3,(H,14,19)(H,16,17). The summed E-state index contributed by atoms with van der Waals surface area (Å²) in [5.74, 6) is -1.44. The van der Waals surface area contributed by atoms with Gasteiger partial charge >= 0.3 is 18.0 Å². The second-order valence-corrected chi connectivity index (χ2v) is 4.35. The number of rotatable bonds is 9. The Balaban J connectivity index is 4.49. The molecule has 0 saturated carbocycles. The van der Waals surface area contributed by atoms with Crippen LogP contribution in [0.25, 0.3) is 0 Å². The quantitative estimate of drug-likeness (QED) is 0.622.